The summed E-state index contributed by atoms with van der Waals surface area (Å²) in [7, 11) is 0. The lowest BCUT2D eigenvalue weighted by molar-refractivity contribution is 0.366. The summed E-state index contributed by atoms with van der Waals surface area (Å²) in [6.45, 7) is 7.66. The summed E-state index contributed by atoms with van der Waals surface area (Å²) in [5.74, 6) is 0. The van der Waals surface area contributed by atoms with Crippen LogP contribution in [0.2, 0.25) is 0 Å². The fourth-order valence-electron chi connectivity index (χ4n) is 1.41. The van der Waals surface area contributed by atoms with Crippen molar-refractivity contribution in [1.29, 1.82) is 0 Å². The van der Waals surface area contributed by atoms with Crippen molar-refractivity contribution in [1.82, 2.24) is 10.6 Å². The van der Waals surface area contributed by atoms with Crippen LogP contribution < -0.4 is 10.6 Å². The van der Waals surface area contributed by atoms with Gasteiger partial charge in [0, 0.05) is 35.4 Å². The molecule has 2 N–H and O–H groups in total. The topological polar surface area (TPSA) is 24.1 Å². The van der Waals surface area contributed by atoms with E-state index < -0.39 is 0 Å². The van der Waals surface area contributed by atoms with Gasteiger partial charge in [-0.25, -0.2) is 0 Å². The first-order valence-electron chi connectivity index (χ1n) is 4.75. The van der Waals surface area contributed by atoms with E-state index >= 15 is 0 Å². The molecule has 0 aliphatic carbocycles. The maximum absolute atomic E-state index is 3.52. The molecule has 1 fully saturated rings. The summed E-state index contributed by atoms with van der Waals surface area (Å²) in [5, 5.41) is 6.78. The van der Waals surface area contributed by atoms with E-state index in [4.69, 9.17) is 0 Å². The van der Waals surface area contributed by atoms with Crippen molar-refractivity contribution in [2.24, 2.45) is 0 Å². The molecule has 0 bridgehead atoms. The molecule has 0 atom stereocenters. The van der Waals surface area contributed by atoms with Crippen molar-refractivity contribution in [3.8, 4) is 0 Å². The van der Waals surface area contributed by atoms with Crippen LogP contribution in [0, 0.1) is 13.8 Å². The van der Waals surface area contributed by atoms with Gasteiger partial charge in [-0.2, -0.15) is 0 Å². The smallest absolute Gasteiger partial charge is 0.0320 e. The molecule has 0 aromatic carbocycles. The minimum Gasteiger partial charge on any atom is -0.314 e. The van der Waals surface area contributed by atoms with Gasteiger partial charge in [-0.05, 0) is 25.5 Å². The fourth-order valence-corrected chi connectivity index (χ4v) is 2.42. The summed E-state index contributed by atoms with van der Waals surface area (Å²) in [4.78, 5) is 2.91. The van der Waals surface area contributed by atoms with E-state index in [0.717, 1.165) is 19.6 Å². The van der Waals surface area contributed by atoms with Gasteiger partial charge < -0.3 is 10.6 Å². The highest BCUT2D eigenvalue weighted by Crippen LogP contribution is 2.20. The highest BCUT2D eigenvalue weighted by Gasteiger charge is 2.15. The molecule has 1 aromatic heterocycles. The predicted octanol–water partition coefficient (Wildman–Crippen LogP) is 1.43. The van der Waals surface area contributed by atoms with Gasteiger partial charge in [-0.3, -0.25) is 0 Å². The first kappa shape index (κ1) is 9.19. The third kappa shape index (κ3) is 2.10. The Bertz CT molecular complexity index is 270. The standard InChI is InChI=1S/C10H16N2S/c1-7-3-10(13-8(7)2)6-12-9-4-11-5-9/h3,9,11-12H,4-6H2,1-2H3. The zero-order chi connectivity index (χ0) is 9.26. The van der Waals surface area contributed by atoms with Crippen LogP contribution in [0.15, 0.2) is 6.07 Å². The Morgan fingerprint density at radius 1 is 1.54 bits per heavy atom. The Morgan fingerprint density at radius 3 is 2.77 bits per heavy atom. The van der Waals surface area contributed by atoms with E-state index in [1.165, 1.54) is 15.3 Å². The first-order chi connectivity index (χ1) is 6.25. The second kappa shape index (κ2) is 3.78. The Balaban J connectivity index is 1.86. The molecule has 1 aliphatic heterocycles. The maximum atomic E-state index is 3.52. The van der Waals surface area contributed by atoms with Gasteiger partial charge in [0.05, 0.1) is 0 Å². The van der Waals surface area contributed by atoms with Crippen LogP contribution in [0.25, 0.3) is 0 Å². The monoisotopic (exact) mass is 196 g/mol. The average molecular weight is 196 g/mol. The molecule has 1 aliphatic rings. The maximum Gasteiger partial charge on any atom is 0.0320 e. The molecule has 1 aromatic rings. The Hall–Kier alpha value is -0.380. The van der Waals surface area contributed by atoms with E-state index in [1.54, 1.807) is 0 Å². The van der Waals surface area contributed by atoms with Crippen LogP contribution in [0.1, 0.15) is 15.3 Å². The summed E-state index contributed by atoms with van der Waals surface area (Å²) in [6.07, 6.45) is 0. The van der Waals surface area contributed by atoms with Gasteiger partial charge in [-0.15, -0.1) is 11.3 Å². The molecule has 0 amide bonds. The second-order valence-corrected chi connectivity index (χ2v) is 5.03. The lowest BCUT2D eigenvalue weighted by atomic mass is 10.2. The predicted molar refractivity (Wildman–Crippen MR) is 57.3 cm³/mol. The van der Waals surface area contributed by atoms with Gasteiger partial charge in [0.2, 0.25) is 0 Å². The number of hydrogen-bond donors (Lipinski definition) is 2. The molecular formula is C10H16N2S. The quantitative estimate of drug-likeness (QED) is 0.764. The fraction of sp³-hybridized carbons (Fsp3) is 0.600. The molecule has 2 rings (SSSR count). The van der Waals surface area contributed by atoms with Crippen molar-refractivity contribution >= 4 is 11.3 Å². The van der Waals surface area contributed by atoms with Crippen molar-refractivity contribution in [3.05, 3.63) is 21.4 Å². The molecule has 0 radical (unpaired) electrons. The molecule has 2 heterocycles. The van der Waals surface area contributed by atoms with Crippen LogP contribution >= 0.6 is 11.3 Å². The third-order valence-corrected chi connectivity index (χ3v) is 3.72. The molecule has 0 spiro atoms. The molecule has 13 heavy (non-hydrogen) atoms. The van der Waals surface area contributed by atoms with Crippen molar-refractivity contribution in [3.63, 3.8) is 0 Å². The van der Waals surface area contributed by atoms with Gasteiger partial charge in [0.15, 0.2) is 0 Å². The zero-order valence-corrected chi connectivity index (χ0v) is 9.00. The summed E-state index contributed by atoms with van der Waals surface area (Å²) < 4.78 is 0. The lowest BCUT2D eigenvalue weighted by Gasteiger charge is -2.27. The van der Waals surface area contributed by atoms with Crippen LogP contribution in [0.3, 0.4) is 0 Å². The normalized spacial score (nSPS) is 17.4. The third-order valence-electron chi connectivity index (χ3n) is 2.56. The van der Waals surface area contributed by atoms with Gasteiger partial charge in [-0.1, -0.05) is 0 Å². The van der Waals surface area contributed by atoms with Crippen molar-refractivity contribution < 1.29 is 0 Å². The van der Waals surface area contributed by atoms with Crippen LogP contribution in [0.5, 0.6) is 0 Å². The number of rotatable bonds is 3. The summed E-state index contributed by atoms with van der Waals surface area (Å²) >= 11 is 1.91. The highest BCUT2D eigenvalue weighted by molar-refractivity contribution is 7.12. The average Bonchev–Trinajstić information content (AvgIpc) is 2.28. The number of thiophene rings is 1. The number of nitrogens with one attached hydrogen (secondary N) is 2. The largest absolute Gasteiger partial charge is 0.314 e. The van der Waals surface area contributed by atoms with E-state index in [0.29, 0.717) is 6.04 Å². The van der Waals surface area contributed by atoms with E-state index in [2.05, 4.69) is 30.5 Å². The SMILES string of the molecule is Cc1cc(CNC2CNC2)sc1C. The van der Waals surface area contributed by atoms with E-state index in [-0.39, 0.29) is 0 Å². The summed E-state index contributed by atoms with van der Waals surface area (Å²) in [6, 6.07) is 2.99. The minimum absolute atomic E-state index is 0.697. The molecule has 2 nitrogen and oxygen atoms in total. The van der Waals surface area contributed by atoms with Crippen molar-refractivity contribution in [2.45, 2.75) is 26.4 Å². The van der Waals surface area contributed by atoms with Crippen molar-refractivity contribution in [2.75, 3.05) is 13.1 Å². The lowest BCUT2D eigenvalue weighted by Crippen LogP contribution is -2.54. The number of aryl methyl sites for hydroxylation is 2. The van der Waals surface area contributed by atoms with Gasteiger partial charge >= 0.3 is 0 Å². The molecular weight excluding hydrogens is 180 g/mol. The highest BCUT2D eigenvalue weighted by atomic mass is 32.1. The molecule has 1 saturated heterocycles. The minimum atomic E-state index is 0.697. The van der Waals surface area contributed by atoms with Crippen LogP contribution in [0.4, 0.5) is 0 Å². The molecule has 0 unspecified atom stereocenters. The van der Waals surface area contributed by atoms with Crippen LogP contribution in [-0.2, 0) is 6.54 Å². The Kier molecular flexibility index (Phi) is 2.67. The number of hydrogen-bond acceptors (Lipinski definition) is 3. The van der Waals surface area contributed by atoms with E-state index in [9.17, 15) is 0 Å². The van der Waals surface area contributed by atoms with E-state index in [1.807, 2.05) is 11.3 Å². The molecule has 72 valence electrons. The Labute approximate surface area is 83.4 Å². The second-order valence-electron chi connectivity index (χ2n) is 3.69. The summed E-state index contributed by atoms with van der Waals surface area (Å²) in [5.41, 5.74) is 1.42. The Morgan fingerprint density at radius 2 is 2.31 bits per heavy atom. The molecule has 3 heteroatoms. The first-order valence-corrected chi connectivity index (χ1v) is 5.57. The zero-order valence-electron chi connectivity index (χ0n) is 8.18. The van der Waals surface area contributed by atoms with Gasteiger partial charge in [0.25, 0.3) is 0 Å². The van der Waals surface area contributed by atoms with Crippen LogP contribution in [-0.4, -0.2) is 19.1 Å². The van der Waals surface area contributed by atoms with Gasteiger partial charge in [0.1, 0.15) is 0 Å². The molecule has 0 saturated carbocycles.